The van der Waals surface area contributed by atoms with Crippen molar-refractivity contribution in [3.8, 4) is 0 Å². The highest BCUT2D eigenvalue weighted by atomic mass is 16.6. The molecule has 1 aromatic rings. The second kappa shape index (κ2) is 17.2. The minimum Gasteiger partial charge on any atom is -0.479 e. The predicted molar refractivity (Wildman–Crippen MR) is 152 cm³/mol. The van der Waals surface area contributed by atoms with Gasteiger partial charge in [-0.05, 0) is 72.8 Å². The van der Waals surface area contributed by atoms with Crippen LogP contribution >= 0.6 is 0 Å². The summed E-state index contributed by atoms with van der Waals surface area (Å²) >= 11 is 0. The van der Waals surface area contributed by atoms with Gasteiger partial charge in [0.1, 0.15) is 23.9 Å². The molecular weight excluding hydrogens is 550 g/mol. The fourth-order valence-electron chi connectivity index (χ4n) is 3.59. The van der Waals surface area contributed by atoms with Crippen LogP contribution in [-0.4, -0.2) is 76.2 Å². The molecule has 1 unspecified atom stereocenters. The summed E-state index contributed by atoms with van der Waals surface area (Å²) in [6, 6.07) is 6.34. The lowest BCUT2D eigenvalue weighted by Crippen LogP contribution is -2.54. The van der Waals surface area contributed by atoms with Crippen LogP contribution < -0.4 is 16.0 Å². The molecule has 1 aromatic carbocycles. The molecule has 0 aliphatic heterocycles. The number of carboxylic acid groups (broad SMARTS) is 1. The van der Waals surface area contributed by atoms with E-state index in [2.05, 4.69) is 16.0 Å². The van der Waals surface area contributed by atoms with Crippen LogP contribution in [0, 0.1) is 0 Å². The Kier molecular flexibility index (Phi) is 14.8. The number of carboxylic acids is 1. The SMILES string of the molecule is CC(C)(C)OC(=O)CC[C@H](NC(=O)OCc1ccccc1)C(=O)N[C@@H](CCCCNC(=O)OC(C)(C)C)C(O)C(=O)O. The van der Waals surface area contributed by atoms with Crippen LogP contribution in [0.5, 0.6) is 0 Å². The highest BCUT2D eigenvalue weighted by molar-refractivity contribution is 5.87. The minimum absolute atomic E-state index is 0.0481. The average Bonchev–Trinajstić information content (AvgIpc) is 2.86. The third-order valence-electron chi connectivity index (χ3n) is 5.45. The van der Waals surface area contributed by atoms with Crippen molar-refractivity contribution in [1.29, 1.82) is 0 Å². The Morgan fingerprint density at radius 2 is 1.45 bits per heavy atom. The Labute approximate surface area is 246 Å². The van der Waals surface area contributed by atoms with Crippen LogP contribution in [0.2, 0.25) is 0 Å². The van der Waals surface area contributed by atoms with E-state index in [1.807, 2.05) is 0 Å². The maximum atomic E-state index is 13.2. The molecule has 3 amide bonds. The summed E-state index contributed by atoms with van der Waals surface area (Å²) in [7, 11) is 0. The Morgan fingerprint density at radius 1 is 0.833 bits per heavy atom. The van der Waals surface area contributed by atoms with Crippen molar-refractivity contribution >= 4 is 30.0 Å². The summed E-state index contributed by atoms with van der Waals surface area (Å²) < 4.78 is 15.6. The number of aliphatic hydroxyl groups is 1. The number of amides is 3. The molecule has 0 aliphatic carbocycles. The van der Waals surface area contributed by atoms with Gasteiger partial charge in [0.05, 0.1) is 6.04 Å². The van der Waals surface area contributed by atoms with Crippen LogP contribution in [0.15, 0.2) is 30.3 Å². The van der Waals surface area contributed by atoms with E-state index >= 15 is 0 Å². The van der Waals surface area contributed by atoms with Gasteiger partial charge in [0.25, 0.3) is 0 Å². The highest BCUT2D eigenvalue weighted by Crippen LogP contribution is 2.12. The van der Waals surface area contributed by atoms with Gasteiger partial charge in [0, 0.05) is 13.0 Å². The van der Waals surface area contributed by atoms with Gasteiger partial charge in [0.15, 0.2) is 6.10 Å². The molecule has 0 spiro atoms. The van der Waals surface area contributed by atoms with Gasteiger partial charge in [-0.3, -0.25) is 9.59 Å². The van der Waals surface area contributed by atoms with Crippen molar-refractivity contribution in [3.63, 3.8) is 0 Å². The lowest BCUT2D eigenvalue weighted by Gasteiger charge is -2.25. The molecule has 236 valence electrons. The van der Waals surface area contributed by atoms with Gasteiger partial charge in [-0.2, -0.15) is 0 Å². The monoisotopic (exact) mass is 595 g/mol. The molecule has 0 aromatic heterocycles. The first-order chi connectivity index (χ1) is 19.5. The molecule has 3 atom stereocenters. The number of alkyl carbamates (subject to hydrolysis) is 2. The first kappa shape index (κ1) is 36.2. The molecule has 13 nitrogen and oxygen atoms in total. The lowest BCUT2D eigenvalue weighted by molar-refractivity contribution is -0.155. The molecule has 1 rings (SSSR count). The lowest BCUT2D eigenvalue weighted by atomic mass is 10.0. The summed E-state index contributed by atoms with van der Waals surface area (Å²) in [5, 5.41) is 27.1. The first-order valence-corrected chi connectivity index (χ1v) is 13.8. The van der Waals surface area contributed by atoms with Gasteiger partial charge in [-0.15, -0.1) is 0 Å². The van der Waals surface area contributed by atoms with Gasteiger partial charge in [0.2, 0.25) is 5.91 Å². The number of hydrogen-bond acceptors (Lipinski definition) is 9. The van der Waals surface area contributed by atoms with Crippen molar-refractivity contribution in [3.05, 3.63) is 35.9 Å². The maximum Gasteiger partial charge on any atom is 0.408 e. The molecule has 13 heteroatoms. The van der Waals surface area contributed by atoms with E-state index in [4.69, 9.17) is 14.2 Å². The molecule has 0 saturated carbocycles. The van der Waals surface area contributed by atoms with Crippen molar-refractivity contribution in [2.75, 3.05) is 6.54 Å². The van der Waals surface area contributed by atoms with E-state index in [1.54, 1.807) is 71.9 Å². The molecular formula is C29H45N3O10. The number of aliphatic hydroxyl groups excluding tert-OH is 1. The standard InChI is InChI=1S/C29H45N3O10/c1-28(2,3)41-22(33)16-15-21(32-27(39)40-18-19-12-8-7-9-13-19)24(35)31-20(23(34)25(36)37)14-10-11-17-30-26(38)42-29(4,5)6/h7-9,12-13,20-21,23,34H,10-11,14-18H2,1-6H3,(H,30,38)(H,31,35)(H,32,39)(H,36,37)/t20-,21-,23?/m0/s1. The van der Waals surface area contributed by atoms with Crippen molar-refractivity contribution < 1.29 is 48.4 Å². The topological polar surface area (TPSA) is 190 Å². The number of ether oxygens (including phenoxy) is 3. The molecule has 0 heterocycles. The van der Waals surface area contributed by atoms with Crippen LogP contribution in [-0.2, 0) is 35.2 Å². The number of hydrogen-bond donors (Lipinski definition) is 5. The molecule has 0 fully saturated rings. The second-order valence-electron chi connectivity index (χ2n) is 11.7. The van der Waals surface area contributed by atoms with Crippen molar-refractivity contribution in [1.82, 2.24) is 16.0 Å². The van der Waals surface area contributed by atoms with Gasteiger partial charge in [-0.25, -0.2) is 14.4 Å². The summed E-state index contributed by atoms with van der Waals surface area (Å²) in [6.45, 7) is 10.4. The Balaban J connectivity index is 2.85. The number of unbranched alkanes of at least 4 members (excludes halogenated alkanes) is 1. The number of benzene rings is 1. The molecule has 0 saturated heterocycles. The average molecular weight is 596 g/mol. The zero-order valence-electron chi connectivity index (χ0n) is 25.2. The summed E-state index contributed by atoms with van der Waals surface area (Å²) in [6.07, 6.45) is -3.07. The molecule has 42 heavy (non-hydrogen) atoms. The third-order valence-corrected chi connectivity index (χ3v) is 5.45. The minimum atomic E-state index is -1.94. The number of carbonyl (C=O) groups excluding carboxylic acids is 4. The van der Waals surface area contributed by atoms with E-state index < -0.39 is 59.4 Å². The molecule has 0 bridgehead atoms. The van der Waals surface area contributed by atoms with Gasteiger partial charge < -0.3 is 40.4 Å². The third kappa shape index (κ3) is 16.4. The summed E-state index contributed by atoms with van der Waals surface area (Å²) in [5.74, 6) is -2.96. The van der Waals surface area contributed by atoms with Crippen LogP contribution in [0.4, 0.5) is 9.59 Å². The highest BCUT2D eigenvalue weighted by Gasteiger charge is 2.31. The largest absolute Gasteiger partial charge is 0.479 e. The van der Waals surface area contributed by atoms with Crippen molar-refractivity contribution in [2.24, 2.45) is 0 Å². The molecule has 0 aliphatic rings. The first-order valence-electron chi connectivity index (χ1n) is 13.8. The van der Waals surface area contributed by atoms with Gasteiger partial charge >= 0.3 is 24.1 Å². The normalized spacial score (nSPS) is 13.6. The molecule has 5 N–H and O–H groups in total. The van der Waals surface area contributed by atoms with Crippen LogP contribution in [0.3, 0.4) is 0 Å². The Morgan fingerprint density at radius 3 is 2.02 bits per heavy atom. The van der Waals surface area contributed by atoms with Gasteiger partial charge in [-0.1, -0.05) is 30.3 Å². The van der Waals surface area contributed by atoms with E-state index in [9.17, 15) is 34.2 Å². The molecule has 0 radical (unpaired) electrons. The second-order valence-corrected chi connectivity index (χ2v) is 11.7. The predicted octanol–water partition coefficient (Wildman–Crippen LogP) is 3.03. The van der Waals surface area contributed by atoms with E-state index in [1.165, 1.54) is 0 Å². The maximum absolute atomic E-state index is 13.2. The van der Waals surface area contributed by atoms with E-state index in [-0.39, 0.29) is 32.4 Å². The Bertz CT molecular complexity index is 1030. The smallest absolute Gasteiger partial charge is 0.408 e. The number of aliphatic carboxylic acids is 1. The van der Waals surface area contributed by atoms with Crippen LogP contribution in [0.25, 0.3) is 0 Å². The number of esters is 1. The fourth-order valence-corrected chi connectivity index (χ4v) is 3.59. The number of carbonyl (C=O) groups is 5. The van der Waals surface area contributed by atoms with Crippen LogP contribution in [0.1, 0.15) is 79.2 Å². The van der Waals surface area contributed by atoms with E-state index in [0.29, 0.717) is 18.4 Å². The zero-order valence-corrected chi connectivity index (χ0v) is 25.2. The summed E-state index contributed by atoms with van der Waals surface area (Å²) in [5.41, 5.74) is -0.702. The van der Waals surface area contributed by atoms with E-state index in [0.717, 1.165) is 0 Å². The zero-order chi connectivity index (χ0) is 31.9. The summed E-state index contributed by atoms with van der Waals surface area (Å²) in [4.78, 5) is 61.3. The number of rotatable bonds is 15. The quantitative estimate of drug-likeness (QED) is 0.114. The fraction of sp³-hybridized carbons (Fsp3) is 0.621. The number of nitrogens with one attached hydrogen (secondary N) is 3. The van der Waals surface area contributed by atoms with Crippen molar-refractivity contribution in [2.45, 2.75) is 110 Å². The Hall–Kier alpha value is -3.87.